The first-order valence-electron chi connectivity index (χ1n) is 6.75. The number of benzene rings is 1. The SMILES string of the molecule is Cc1ccc(S(=O)C2CCC(C)C(C)C2)c(N)c1. The van der Waals surface area contributed by atoms with Crippen LogP contribution in [-0.2, 0) is 10.8 Å². The summed E-state index contributed by atoms with van der Waals surface area (Å²) in [4.78, 5) is 0.826. The molecule has 1 saturated carbocycles. The van der Waals surface area contributed by atoms with Gasteiger partial charge in [-0.2, -0.15) is 0 Å². The zero-order valence-corrected chi connectivity index (χ0v) is 12.3. The van der Waals surface area contributed by atoms with Crippen molar-refractivity contribution in [3.63, 3.8) is 0 Å². The van der Waals surface area contributed by atoms with E-state index in [2.05, 4.69) is 13.8 Å². The van der Waals surface area contributed by atoms with Gasteiger partial charge in [-0.3, -0.25) is 4.21 Å². The van der Waals surface area contributed by atoms with Crippen LogP contribution in [0, 0.1) is 18.8 Å². The molecule has 0 amide bonds. The van der Waals surface area contributed by atoms with E-state index < -0.39 is 10.8 Å². The Hall–Kier alpha value is -0.830. The maximum absolute atomic E-state index is 12.6. The Balaban J connectivity index is 2.16. The van der Waals surface area contributed by atoms with E-state index in [4.69, 9.17) is 5.73 Å². The summed E-state index contributed by atoms with van der Waals surface area (Å²) >= 11 is 0. The molecule has 1 aliphatic rings. The molecule has 0 radical (unpaired) electrons. The molecule has 100 valence electrons. The van der Waals surface area contributed by atoms with Crippen molar-refractivity contribution in [3.8, 4) is 0 Å². The highest BCUT2D eigenvalue weighted by molar-refractivity contribution is 7.85. The minimum absolute atomic E-state index is 0.279. The van der Waals surface area contributed by atoms with Crippen LogP contribution >= 0.6 is 0 Å². The van der Waals surface area contributed by atoms with Gasteiger partial charge >= 0.3 is 0 Å². The average molecular weight is 265 g/mol. The molecule has 3 heteroatoms. The minimum atomic E-state index is -0.950. The number of rotatable bonds is 2. The van der Waals surface area contributed by atoms with Crippen LogP contribution in [0.3, 0.4) is 0 Å². The van der Waals surface area contributed by atoms with Crippen LogP contribution in [0.1, 0.15) is 38.7 Å². The molecule has 1 aromatic rings. The highest BCUT2D eigenvalue weighted by Crippen LogP contribution is 2.34. The van der Waals surface area contributed by atoms with Crippen LogP contribution in [0.25, 0.3) is 0 Å². The Morgan fingerprint density at radius 2 is 1.94 bits per heavy atom. The largest absolute Gasteiger partial charge is 0.398 e. The number of anilines is 1. The van der Waals surface area contributed by atoms with Gasteiger partial charge in [0.05, 0.1) is 15.7 Å². The van der Waals surface area contributed by atoms with Gasteiger partial charge < -0.3 is 5.73 Å². The van der Waals surface area contributed by atoms with Gasteiger partial charge in [0.1, 0.15) is 0 Å². The molecule has 2 rings (SSSR count). The Morgan fingerprint density at radius 3 is 2.56 bits per heavy atom. The number of hydrogen-bond donors (Lipinski definition) is 1. The molecule has 2 nitrogen and oxygen atoms in total. The van der Waals surface area contributed by atoms with Crippen molar-refractivity contribution in [2.24, 2.45) is 11.8 Å². The number of aryl methyl sites for hydroxylation is 1. The first-order valence-corrected chi connectivity index (χ1v) is 7.97. The van der Waals surface area contributed by atoms with Crippen molar-refractivity contribution in [2.45, 2.75) is 50.2 Å². The molecule has 0 aliphatic heterocycles. The first-order chi connectivity index (χ1) is 8.49. The summed E-state index contributed by atoms with van der Waals surface area (Å²) in [7, 11) is -0.950. The van der Waals surface area contributed by atoms with Crippen molar-refractivity contribution < 1.29 is 4.21 Å². The van der Waals surface area contributed by atoms with E-state index in [-0.39, 0.29) is 5.25 Å². The van der Waals surface area contributed by atoms with E-state index in [0.717, 1.165) is 29.2 Å². The van der Waals surface area contributed by atoms with Crippen LogP contribution in [-0.4, -0.2) is 9.46 Å². The van der Waals surface area contributed by atoms with E-state index in [1.807, 2.05) is 25.1 Å². The van der Waals surface area contributed by atoms with Gasteiger partial charge in [-0.1, -0.05) is 19.9 Å². The third-order valence-corrected chi connectivity index (χ3v) is 6.07. The van der Waals surface area contributed by atoms with Gasteiger partial charge in [0, 0.05) is 10.9 Å². The van der Waals surface area contributed by atoms with Crippen molar-refractivity contribution in [2.75, 3.05) is 5.73 Å². The normalized spacial score (nSPS) is 30.1. The summed E-state index contributed by atoms with van der Waals surface area (Å²) in [5, 5.41) is 0.279. The summed E-state index contributed by atoms with van der Waals surface area (Å²) in [6, 6.07) is 5.85. The zero-order valence-electron chi connectivity index (χ0n) is 11.5. The molecule has 0 heterocycles. The second kappa shape index (κ2) is 5.43. The molecular weight excluding hydrogens is 242 g/mol. The van der Waals surface area contributed by atoms with E-state index >= 15 is 0 Å². The van der Waals surface area contributed by atoms with Gasteiger partial charge in [0.2, 0.25) is 0 Å². The second-order valence-electron chi connectivity index (χ2n) is 5.73. The van der Waals surface area contributed by atoms with Gasteiger partial charge in [-0.25, -0.2) is 0 Å². The molecule has 0 saturated heterocycles. The maximum Gasteiger partial charge on any atom is 0.0620 e. The van der Waals surface area contributed by atoms with Crippen LogP contribution in [0.2, 0.25) is 0 Å². The molecule has 0 aromatic heterocycles. The van der Waals surface area contributed by atoms with Crippen LogP contribution in [0.15, 0.2) is 23.1 Å². The Kier molecular flexibility index (Phi) is 4.10. The third kappa shape index (κ3) is 2.77. The van der Waals surface area contributed by atoms with Crippen LogP contribution < -0.4 is 5.73 Å². The van der Waals surface area contributed by atoms with Crippen LogP contribution in [0.5, 0.6) is 0 Å². The summed E-state index contributed by atoms with van der Waals surface area (Å²) < 4.78 is 12.6. The topological polar surface area (TPSA) is 43.1 Å². The van der Waals surface area contributed by atoms with Crippen molar-refractivity contribution in [1.82, 2.24) is 0 Å². The monoisotopic (exact) mass is 265 g/mol. The Morgan fingerprint density at radius 1 is 1.22 bits per heavy atom. The minimum Gasteiger partial charge on any atom is -0.398 e. The molecule has 1 aromatic carbocycles. The van der Waals surface area contributed by atoms with E-state index in [1.165, 1.54) is 6.42 Å². The lowest BCUT2D eigenvalue weighted by Crippen LogP contribution is -2.28. The van der Waals surface area contributed by atoms with Gasteiger partial charge in [0.25, 0.3) is 0 Å². The average Bonchev–Trinajstić information content (AvgIpc) is 2.32. The Labute approximate surface area is 112 Å². The summed E-state index contributed by atoms with van der Waals surface area (Å²) in [6.45, 7) is 6.57. The lowest BCUT2D eigenvalue weighted by atomic mass is 9.81. The number of nitrogen functional groups attached to an aromatic ring is 1. The summed E-state index contributed by atoms with van der Waals surface area (Å²) in [5.41, 5.74) is 7.80. The third-order valence-electron chi connectivity index (χ3n) is 4.23. The lowest BCUT2D eigenvalue weighted by molar-refractivity contribution is 0.281. The highest BCUT2D eigenvalue weighted by atomic mass is 32.2. The predicted octanol–water partition coefficient (Wildman–Crippen LogP) is 3.51. The highest BCUT2D eigenvalue weighted by Gasteiger charge is 2.29. The molecule has 4 unspecified atom stereocenters. The standard InChI is InChI=1S/C15H23NOS/c1-10-4-7-15(14(16)8-10)18(17)13-6-5-11(2)12(3)9-13/h4,7-8,11-13H,5-6,9,16H2,1-3H3. The number of nitrogens with two attached hydrogens (primary N) is 1. The van der Waals surface area contributed by atoms with E-state index in [0.29, 0.717) is 11.6 Å². The molecule has 2 N–H and O–H groups in total. The van der Waals surface area contributed by atoms with Gasteiger partial charge in [-0.15, -0.1) is 0 Å². The first kappa shape index (κ1) is 13.6. The molecule has 0 spiro atoms. The lowest BCUT2D eigenvalue weighted by Gasteiger charge is -2.31. The predicted molar refractivity (Wildman–Crippen MR) is 78.0 cm³/mol. The fourth-order valence-electron chi connectivity index (χ4n) is 2.72. The van der Waals surface area contributed by atoms with E-state index in [9.17, 15) is 4.21 Å². The van der Waals surface area contributed by atoms with E-state index in [1.54, 1.807) is 0 Å². The van der Waals surface area contributed by atoms with Gasteiger partial charge in [-0.05, 0) is 55.7 Å². The molecule has 1 fully saturated rings. The maximum atomic E-state index is 12.6. The van der Waals surface area contributed by atoms with Crippen molar-refractivity contribution >= 4 is 16.5 Å². The molecule has 4 atom stereocenters. The van der Waals surface area contributed by atoms with Crippen molar-refractivity contribution in [1.29, 1.82) is 0 Å². The van der Waals surface area contributed by atoms with Gasteiger partial charge in [0.15, 0.2) is 0 Å². The molecule has 0 bridgehead atoms. The molecule has 18 heavy (non-hydrogen) atoms. The van der Waals surface area contributed by atoms with Crippen molar-refractivity contribution in [3.05, 3.63) is 23.8 Å². The Bertz CT molecular complexity index is 458. The summed E-state index contributed by atoms with van der Waals surface area (Å²) in [6.07, 6.45) is 3.30. The molecular formula is C15H23NOS. The quantitative estimate of drug-likeness (QED) is 0.832. The second-order valence-corrected chi connectivity index (χ2v) is 7.43. The number of hydrogen-bond acceptors (Lipinski definition) is 2. The summed E-state index contributed by atoms with van der Waals surface area (Å²) in [5.74, 6) is 1.42. The fourth-order valence-corrected chi connectivity index (χ4v) is 4.40. The smallest absolute Gasteiger partial charge is 0.0620 e. The molecule has 1 aliphatic carbocycles. The zero-order chi connectivity index (χ0) is 13.3. The fraction of sp³-hybridized carbons (Fsp3) is 0.600. The van der Waals surface area contributed by atoms with Crippen LogP contribution in [0.4, 0.5) is 5.69 Å².